The summed E-state index contributed by atoms with van der Waals surface area (Å²) in [6.45, 7) is 5.77. The molecule has 0 aliphatic carbocycles. The third kappa shape index (κ3) is 3.10. The number of terminal acetylenes is 1. The van der Waals surface area contributed by atoms with E-state index in [0.29, 0.717) is 0 Å². The standard InChI is InChI=1S/C12H15N3/c1-4-11-9-7-8-10-12(11)13-14-15(5-2)6-3/h1,7-10H,5-6H2,2-3H3. The lowest BCUT2D eigenvalue weighted by Gasteiger charge is -2.11. The summed E-state index contributed by atoms with van der Waals surface area (Å²) in [5.74, 6) is 2.58. The fraction of sp³-hybridized carbons (Fsp3) is 0.333. The van der Waals surface area contributed by atoms with Gasteiger partial charge in [0.1, 0.15) is 5.69 Å². The van der Waals surface area contributed by atoms with Crippen LogP contribution >= 0.6 is 0 Å². The lowest BCUT2D eigenvalue weighted by atomic mass is 10.2. The Morgan fingerprint density at radius 1 is 1.27 bits per heavy atom. The molecule has 0 amide bonds. The van der Waals surface area contributed by atoms with Gasteiger partial charge in [-0.3, -0.25) is 5.01 Å². The quantitative estimate of drug-likeness (QED) is 0.418. The second kappa shape index (κ2) is 5.82. The van der Waals surface area contributed by atoms with Crippen LogP contribution < -0.4 is 0 Å². The first-order valence-electron chi connectivity index (χ1n) is 5.04. The minimum Gasteiger partial charge on any atom is -0.279 e. The normalized spacial score (nSPS) is 10.2. The smallest absolute Gasteiger partial charge is 0.103 e. The first-order chi connectivity index (χ1) is 7.31. The Hall–Kier alpha value is -1.82. The van der Waals surface area contributed by atoms with E-state index in [2.05, 4.69) is 16.3 Å². The Morgan fingerprint density at radius 2 is 1.93 bits per heavy atom. The van der Waals surface area contributed by atoms with Gasteiger partial charge in [0.05, 0.1) is 5.56 Å². The summed E-state index contributed by atoms with van der Waals surface area (Å²) in [5, 5.41) is 10.1. The molecule has 0 aliphatic heterocycles. The Balaban J connectivity index is 2.84. The second-order valence-electron chi connectivity index (χ2n) is 2.99. The van der Waals surface area contributed by atoms with E-state index >= 15 is 0 Å². The van der Waals surface area contributed by atoms with Crippen LogP contribution in [0.25, 0.3) is 0 Å². The highest BCUT2D eigenvalue weighted by atomic mass is 15.5. The number of hydrogen-bond donors (Lipinski definition) is 0. The van der Waals surface area contributed by atoms with Crippen molar-refractivity contribution in [2.45, 2.75) is 13.8 Å². The molecule has 0 aliphatic rings. The number of hydrogen-bond acceptors (Lipinski definition) is 2. The van der Waals surface area contributed by atoms with Crippen molar-refractivity contribution in [2.75, 3.05) is 13.1 Å². The van der Waals surface area contributed by atoms with Crippen molar-refractivity contribution >= 4 is 5.69 Å². The predicted octanol–water partition coefficient (Wildman–Crippen LogP) is 3.01. The van der Waals surface area contributed by atoms with Crippen LogP contribution in [0.4, 0.5) is 5.69 Å². The van der Waals surface area contributed by atoms with Crippen LogP contribution in [-0.4, -0.2) is 18.1 Å². The molecule has 0 spiro atoms. The van der Waals surface area contributed by atoms with Crippen molar-refractivity contribution in [3.8, 4) is 12.3 Å². The third-order valence-electron chi connectivity index (χ3n) is 2.07. The highest BCUT2D eigenvalue weighted by Crippen LogP contribution is 2.17. The molecule has 0 N–H and O–H groups in total. The predicted molar refractivity (Wildman–Crippen MR) is 61.8 cm³/mol. The van der Waals surface area contributed by atoms with Gasteiger partial charge in [-0.05, 0) is 26.0 Å². The van der Waals surface area contributed by atoms with Crippen molar-refractivity contribution in [3.05, 3.63) is 29.8 Å². The highest BCUT2D eigenvalue weighted by molar-refractivity contribution is 5.53. The van der Waals surface area contributed by atoms with Crippen molar-refractivity contribution in [1.82, 2.24) is 5.01 Å². The van der Waals surface area contributed by atoms with Crippen molar-refractivity contribution in [1.29, 1.82) is 0 Å². The molecule has 0 saturated carbocycles. The molecule has 0 radical (unpaired) electrons. The molecule has 0 saturated heterocycles. The zero-order chi connectivity index (χ0) is 11.1. The molecule has 1 rings (SSSR count). The van der Waals surface area contributed by atoms with Gasteiger partial charge in [-0.25, -0.2) is 0 Å². The molecule has 3 nitrogen and oxygen atoms in total. The molecule has 1 aromatic carbocycles. The molecule has 0 fully saturated rings. The van der Waals surface area contributed by atoms with Crippen molar-refractivity contribution < 1.29 is 0 Å². The van der Waals surface area contributed by atoms with Gasteiger partial charge in [0, 0.05) is 13.1 Å². The van der Waals surface area contributed by atoms with Gasteiger partial charge >= 0.3 is 0 Å². The summed E-state index contributed by atoms with van der Waals surface area (Å²) in [7, 11) is 0. The molecule has 3 heteroatoms. The van der Waals surface area contributed by atoms with E-state index < -0.39 is 0 Å². The molecule has 1 aromatic rings. The van der Waals surface area contributed by atoms with E-state index in [1.807, 2.05) is 43.1 Å². The summed E-state index contributed by atoms with van der Waals surface area (Å²) < 4.78 is 0. The molecular weight excluding hydrogens is 186 g/mol. The zero-order valence-electron chi connectivity index (χ0n) is 9.14. The van der Waals surface area contributed by atoms with Gasteiger partial charge in [0.15, 0.2) is 0 Å². The third-order valence-corrected chi connectivity index (χ3v) is 2.07. The largest absolute Gasteiger partial charge is 0.279 e. The lowest BCUT2D eigenvalue weighted by Crippen LogP contribution is -2.14. The summed E-state index contributed by atoms with van der Waals surface area (Å²) in [4.78, 5) is 0. The molecule has 0 heterocycles. The summed E-state index contributed by atoms with van der Waals surface area (Å²) in [6.07, 6.45) is 5.36. The topological polar surface area (TPSA) is 28.0 Å². The average Bonchev–Trinajstić information content (AvgIpc) is 2.31. The van der Waals surface area contributed by atoms with E-state index in [-0.39, 0.29) is 0 Å². The maximum atomic E-state index is 5.36. The van der Waals surface area contributed by atoms with Crippen LogP contribution in [0.2, 0.25) is 0 Å². The molecular formula is C12H15N3. The minimum absolute atomic E-state index is 0.743. The van der Waals surface area contributed by atoms with Crippen LogP contribution in [0.1, 0.15) is 19.4 Å². The summed E-state index contributed by atoms with van der Waals surface area (Å²) in [6, 6.07) is 7.52. The highest BCUT2D eigenvalue weighted by Gasteiger charge is 1.97. The fourth-order valence-electron chi connectivity index (χ4n) is 1.14. The van der Waals surface area contributed by atoms with Crippen LogP contribution in [-0.2, 0) is 0 Å². The number of rotatable bonds is 4. The van der Waals surface area contributed by atoms with Crippen molar-refractivity contribution in [3.63, 3.8) is 0 Å². The van der Waals surface area contributed by atoms with E-state index in [9.17, 15) is 0 Å². The van der Waals surface area contributed by atoms with Gasteiger partial charge in [-0.1, -0.05) is 23.3 Å². The average molecular weight is 201 g/mol. The SMILES string of the molecule is C#Cc1ccccc1N=NN(CC)CC. The maximum Gasteiger partial charge on any atom is 0.103 e. The van der Waals surface area contributed by atoms with E-state index in [1.165, 1.54) is 0 Å². The van der Waals surface area contributed by atoms with Gasteiger partial charge in [0.2, 0.25) is 0 Å². The fourth-order valence-corrected chi connectivity index (χ4v) is 1.14. The lowest BCUT2D eigenvalue weighted by molar-refractivity contribution is 0.300. The summed E-state index contributed by atoms with van der Waals surface area (Å²) >= 11 is 0. The Bertz CT molecular complexity index is 373. The Labute approximate surface area is 90.8 Å². The van der Waals surface area contributed by atoms with Crippen LogP contribution in [0.5, 0.6) is 0 Å². The first-order valence-corrected chi connectivity index (χ1v) is 5.04. The molecule has 0 unspecified atom stereocenters. The Kier molecular flexibility index (Phi) is 4.36. The van der Waals surface area contributed by atoms with E-state index in [1.54, 1.807) is 0 Å². The molecule has 15 heavy (non-hydrogen) atoms. The van der Waals surface area contributed by atoms with Gasteiger partial charge < -0.3 is 0 Å². The van der Waals surface area contributed by atoms with Crippen LogP contribution in [0, 0.1) is 12.3 Å². The molecule has 0 aromatic heterocycles. The first kappa shape index (κ1) is 11.3. The molecule has 0 atom stereocenters. The van der Waals surface area contributed by atoms with E-state index in [0.717, 1.165) is 24.3 Å². The minimum atomic E-state index is 0.743. The number of nitrogens with zero attached hydrogens (tertiary/aromatic N) is 3. The van der Waals surface area contributed by atoms with Crippen molar-refractivity contribution in [2.24, 2.45) is 10.3 Å². The number of benzene rings is 1. The van der Waals surface area contributed by atoms with E-state index in [4.69, 9.17) is 6.42 Å². The van der Waals surface area contributed by atoms with Gasteiger partial charge in [-0.15, -0.1) is 11.5 Å². The Morgan fingerprint density at radius 3 is 2.53 bits per heavy atom. The summed E-state index contributed by atoms with van der Waals surface area (Å²) in [5.41, 5.74) is 1.51. The maximum absolute atomic E-state index is 5.36. The zero-order valence-corrected chi connectivity index (χ0v) is 9.14. The van der Waals surface area contributed by atoms with Gasteiger partial charge in [-0.2, -0.15) is 0 Å². The molecule has 78 valence electrons. The monoisotopic (exact) mass is 201 g/mol. The van der Waals surface area contributed by atoms with Crippen LogP contribution in [0.15, 0.2) is 34.6 Å². The van der Waals surface area contributed by atoms with Crippen LogP contribution in [0.3, 0.4) is 0 Å². The second-order valence-corrected chi connectivity index (χ2v) is 2.99. The van der Waals surface area contributed by atoms with Gasteiger partial charge in [0.25, 0.3) is 0 Å². The molecule has 0 bridgehead atoms.